The normalized spacial score (nSPS) is 19.3. The van der Waals surface area contributed by atoms with Gasteiger partial charge in [0.05, 0.1) is 0 Å². The highest BCUT2D eigenvalue weighted by Crippen LogP contribution is 2.09. The van der Waals surface area contributed by atoms with Crippen molar-refractivity contribution in [3.05, 3.63) is 35.6 Å². The molecule has 1 heterocycles. The maximum absolute atomic E-state index is 13.3. The van der Waals surface area contributed by atoms with Crippen molar-refractivity contribution in [3.8, 4) is 0 Å². The lowest BCUT2D eigenvalue weighted by atomic mass is 10.00. The van der Waals surface area contributed by atoms with Gasteiger partial charge in [0.1, 0.15) is 5.82 Å². The van der Waals surface area contributed by atoms with Gasteiger partial charge < -0.3 is 10.6 Å². The molecule has 0 saturated carbocycles. The summed E-state index contributed by atoms with van der Waals surface area (Å²) in [6, 6.07) is 7.02. The maximum atomic E-state index is 13.3. The summed E-state index contributed by atoms with van der Waals surface area (Å²) in [6.45, 7) is 4.18. The van der Waals surface area contributed by atoms with Crippen molar-refractivity contribution in [1.82, 2.24) is 10.6 Å². The summed E-state index contributed by atoms with van der Waals surface area (Å²) in [4.78, 5) is 0. The highest BCUT2D eigenvalue weighted by Gasteiger charge is 2.11. The fraction of sp³-hybridized carbons (Fsp3) is 0.571. The number of hydrogen-bond donors (Lipinski definition) is 2. The molecule has 1 unspecified atom stereocenters. The molecule has 1 aromatic carbocycles. The van der Waals surface area contributed by atoms with Gasteiger partial charge in [0.2, 0.25) is 0 Å². The zero-order valence-electron chi connectivity index (χ0n) is 10.6. The summed E-state index contributed by atoms with van der Waals surface area (Å²) in [6.07, 6.45) is 3.35. The van der Waals surface area contributed by atoms with E-state index in [0.29, 0.717) is 0 Å². The molecular weight excluding hydrogens is 251 g/mol. The Kier molecular flexibility index (Phi) is 7.25. The van der Waals surface area contributed by atoms with E-state index in [0.717, 1.165) is 44.1 Å². The number of piperidine rings is 1. The molecule has 1 aromatic rings. The smallest absolute Gasteiger partial charge is 0.126 e. The van der Waals surface area contributed by atoms with Gasteiger partial charge in [-0.3, -0.25) is 0 Å². The van der Waals surface area contributed by atoms with Crippen LogP contribution >= 0.6 is 12.4 Å². The molecule has 1 fully saturated rings. The van der Waals surface area contributed by atoms with Crippen LogP contribution in [0.2, 0.25) is 0 Å². The third-order valence-corrected chi connectivity index (χ3v) is 3.36. The average molecular weight is 273 g/mol. The molecular formula is C14H22ClFN2. The summed E-state index contributed by atoms with van der Waals surface area (Å²) in [5.41, 5.74) is 0.807. The van der Waals surface area contributed by atoms with Crippen molar-refractivity contribution < 1.29 is 4.39 Å². The summed E-state index contributed by atoms with van der Waals surface area (Å²) in [5.74, 6) is 0.651. The number of nitrogens with one attached hydrogen (secondary N) is 2. The SMILES string of the molecule is Cl.Fc1ccccc1CCNCC1CCCNC1. The molecule has 0 radical (unpaired) electrons. The summed E-state index contributed by atoms with van der Waals surface area (Å²) in [5, 5.41) is 6.83. The molecule has 1 aliphatic rings. The second-order valence-corrected chi connectivity index (χ2v) is 4.76. The number of hydrogen-bond acceptors (Lipinski definition) is 2. The van der Waals surface area contributed by atoms with Crippen molar-refractivity contribution in [3.63, 3.8) is 0 Å². The average Bonchev–Trinajstić information content (AvgIpc) is 2.38. The molecule has 1 saturated heterocycles. The zero-order valence-corrected chi connectivity index (χ0v) is 11.4. The largest absolute Gasteiger partial charge is 0.316 e. The molecule has 4 heteroatoms. The molecule has 2 rings (SSSR count). The van der Waals surface area contributed by atoms with Crippen molar-refractivity contribution >= 4 is 12.4 Å². The first-order chi connectivity index (χ1) is 8.36. The number of halogens is 2. The van der Waals surface area contributed by atoms with Crippen LogP contribution in [-0.2, 0) is 6.42 Å². The van der Waals surface area contributed by atoms with Gasteiger partial charge in [-0.25, -0.2) is 4.39 Å². The maximum Gasteiger partial charge on any atom is 0.126 e. The predicted molar refractivity (Wildman–Crippen MR) is 75.8 cm³/mol. The van der Waals surface area contributed by atoms with Gasteiger partial charge in [-0.1, -0.05) is 18.2 Å². The summed E-state index contributed by atoms with van der Waals surface area (Å²) in [7, 11) is 0. The van der Waals surface area contributed by atoms with E-state index in [1.807, 2.05) is 12.1 Å². The van der Waals surface area contributed by atoms with Crippen molar-refractivity contribution in [2.45, 2.75) is 19.3 Å². The van der Waals surface area contributed by atoms with Gasteiger partial charge in [0.15, 0.2) is 0 Å². The lowest BCUT2D eigenvalue weighted by Crippen LogP contribution is -2.36. The van der Waals surface area contributed by atoms with E-state index in [1.54, 1.807) is 6.07 Å². The standard InChI is InChI=1S/C14H21FN2.ClH/c15-14-6-2-1-5-13(14)7-9-17-11-12-4-3-8-16-10-12;/h1-2,5-6,12,16-17H,3-4,7-11H2;1H. The molecule has 0 bridgehead atoms. The summed E-state index contributed by atoms with van der Waals surface area (Å²) >= 11 is 0. The van der Waals surface area contributed by atoms with E-state index >= 15 is 0 Å². The van der Waals surface area contributed by atoms with Gasteiger partial charge in [-0.2, -0.15) is 0 Å². The Morgan fingerprint density at radius 3 is 2.89 bits per heavy atom. The monoisotopic (exact) mass is 272 g/mol. The van der Waals surface area contributed by atoms with Gasteiger partial charge >= 0.3 is 0 Å². The lowest BCUT2D eigenvalue weighted by molar-refractivity contribution is 0.361. The van der Waals surface area contributed by atoms with E-state index in [4.69, 9.17) is 0 Å². The van der Waals surface area contributed by atoms with Crippen LogP contribution in [0.1, 0.15) is 18.4 Å². The van der Waals surface area contributed by atoms with E-state index in [2.05, 4.69) is 10.6 Å². The fourth-order valence-corrected chi connectivity index (χ4v) is 2.33. The predicted octanol–water partition coefficient (Wildman–Crippen LogP) is 2.38. The first kappa shape index (κ1) is 15.4. The van der Waals surface area contributed by atoms with Crippen LogP contribution in [-0.4, -0.2) is 26.2 Å². The van der Waals surface area contributed by atoms with E-state index in [-0.39, 0.29) is 18.2 Å². The fourth-order valence-electron chi connectivity index (χ4n) is 2.33. The van der Waals surface area contributed by atoms with Crippen LogP contribution in [0.4, 0.5) is 4.39 Å². The first-order valence-electron chi connectivity index (χ1n) is 6.51. The lowest BCUT2D eigenvalue weighted by Gasteiger charge is -2.22. The van der Waals surface area contributed by atoms with Gasteiger partial charge in [0.25, 0.3) is 0 Å². The van der Waals surface area contributed by atoms with Crippen LogP contribution in [0, 0.1) is 11.7 Å². The van der Waals surface area contributed by atoms with Crippen LogP contribution < -0.4 is 10.6 Å². The number of benzene rings is 1. The van der Waals surface area contributed by atoms with Crippen LogP contribution in [0.15, 0.2) is 24.3 Å². The van der Waals surface area contributed by atoms with Crippen molar-refractivity contribution in [1.29, 1.82) is 0 Å². The molecule has 1 aliphatic heterocycles. The first-order valence-corrected chi connectivity index (χ1v) is 6.51. The Morgan fingerprint density at radius 1 is 1.33 bits per heavy atom. The topological polar surface area (TPSA) is 24.1 Å². The Balaban J connectivity index is 0.00000162. The van der Waals surface area contributed by atoms with Crippen molar-refractivity contribution in [2.75, 3.05) is 26.2 Å². The quantitative estimate of drug-likeness (QED) is 0.805. The van der Waals surface area contributed by atoms with Crippen LogP contribution in [0.5, 0.6) is 0 Å². The van der Waals surface area contributed by atoms with Crippen LogP contribution in [0.3, 0.4) is 0 Å². The van der Waals surface area contributed by atoms with Gasteiger partial charge in [-0.15, -0.1) is 12.4 Å². The van der Waals surface area contributed by atoms with E-state index < -0.39 is 0 Å². The van der Waals surface area contributed by atoms with Gasteiger partial charge in [0, 0.05) is 0 Å². The summed E-state index contributed by atoms with van der Waals surface area (Å²) < 4.78 is 13.3. The molecule has 1 atom stereocenters. The van der Waals surface area contributed by atoms with E-state index in [1.165, 1.54) is 18.9 Å². The third-order valence-electron chi connectivity index (χ3n) is 3.36. The minimum atomic E-state index is -0.0892. The second kappa shape index (κ2) is 8.46. The van der Waals surface area contributed by atoms with Crippen LogP contribution in [0.25, 0.3) is 0 Å². The van der Waals surface area contributed by atoms with Gasteiger partial charge in [-0.05, 0) is 63.0 Å². The Labute approximate surface area is 115 Å². The molecule has 0 aliphatic carbocycles. The highest BCUT2D eigenvalue weighted by molar-refractivity contribution is 5.85. The molecule has 0 amide bonds. The minimum absolute atomic E-state index is 0. The molecule has 2 nitrogen and oxygen atoms in total. The van der Waals surface area contributed by atoms with Crippen molar-refractivity contribution in [2.24, 2.45) is 5.92 Å². The Hall–Kier alpha value is -0.640. The minimum Gasteiger partial charge on any atom is -0.316 e. The van der Waals surface area contributed by atoms with E-state index in [9.17, 15) is 4.39 Å². The Bertz CT molecular complexity index is 340. The number of rotatable bonds is 5. The molecule has 0 aromatic heterocycles. The molecule has 102 valence electrons. The molecule has 18 heavy (non-hydrogen) atoms. The zero-order chi connectivity index (χ0) is 11.9. The Morgan fingerprint density at radius 2 is 2.17 bits per heavy atom. The third kappa shape index (κ3) is 4.92. The highest BCUT2D eigenvalue weighted by atomic mass is 35.5. The second-order valence-electron chi connectivity index (χ2n) is 4.76. The molecule has 2 N–H and O–H groups in total. The molecule has 0 spiro atoms.